The molecule has 5 nitrogen and oxygen atoms in total. The molecule has 0 unspecified atom stereocenters. The minimum atomic E-state index is -0.262. The average Bonchev–Trinajstić information content (AvgIpc) is 2.43. The molecule has 19 heavy (non-hydrogen) atoms. The second-order valence-corrected chi connectivity index (χ2v) is 4.40. The standard InChI is InChI=1S/C14H22N2O3/c1-4-12(5-2)16(8-9-19-3)14(18)11-6-7-15-13(17)10-11/h6-7,10,12H,4-5,8-9H2,1-3H3,(H,15,17). The zero-order valence-electron chi connectivity index (χ0n) is 11.8. The van der Waals surface area contributed by atoms with Gasteiger partial charge in [-0.15, -0.1) is 0 Å². The maximum absolute atomic E-state index is 12.5. The van der Waals surface area contributed by atoms with Gasteiger partial charge in [-0.1, -0.05) is 13.8 Å². The van der Waals surface area contributed by atoms with Crippen LogP contribution in [0.2, 0.25) is 0 Å². The van der Waals surface area contributed by atoms with Crippen molar-refractivity contribution in [3.63, 3.8) is 0 Å². The maximum Gasteiger partial charge on any atom is 0.254 e. The summed E-state index contributed by atoms with van der Waals surface area (Å²) in [4.78, 5) is 28.1. The summed E-state index contributed by atoms with van der Waals surface area (Å²) in [5.41, 5.74) is 0.161. The lowest BCUT2D eigenvalue weighted by molar-refractivity contribution is 0.0589. The topological polar surface area (TPSA) is 62.4 Å². The van der Waals surface area contributed by atoms with Gasteiger partial charge in [-0.2, -0.15) is 0 Å². The van der Waals surface area contributed by atoms with E-state index < -0.39 is 0 Å². The predicted molar refractivity (Wildman–Crippen MR) is 74.3 cm³/mol. The van der Waals surface area contributed by atoms with Gasteiger partial charge in [-0.05, 0) is 18.9 Å². The third-order valence-corrected chi connectivity index (χ3v) is 3.20. The molecule has 0 aliphatic rings. The average molecular weight is 266 g/mol. The van der Waals surface area contributed by atoms with Crippen molar-refractivity contribution in [1.29, 1.82) is 0 Å². The summed E-state index contributed by atoms with van der Waals surface area (Å²) < 4.78 is 5.06. The fourth-order valence-electron chi connectivity index (χ4n) is 2.11. The number of methoxy groups -OCH3 is 1. The van der Waals surface area contributed by atoms with Crippen molar-refractivity contribution in [2.45, 2.75) is 32.7 Å². The molecule has 0 bridgehead atoms. The summed E-state index contributed by atoms with van der Waals surface area (Å²) in [6, 6.07) is 3.14. The first-order chi connectivity index (χ1) is 9.13. The summed E-state index contributed by atoms with van der Waals surface area (Å²) in [5.74, 6) is -0.114. The first-order valence-electron chi connectivity index (χ1n) is 6.62. The number of hydrogen-bond donors (Lipinski definition) is 1. The first kappa shape index (κ1) is 15.4. The number of nitrogens with zero attached hydrogens (tertiary/aromatic N) is 1. The van der Waals surface area contributed by atoms with Crippen LogP contribution in [-0.2, 0) is 4.74 Å². The Kier molecular flexibility index (Phi) is 6.29. The summed E-state index contributed by atoms with van der Waals surface area (Å²) in [6.45, 7) is 5.14. The lowest BCUT2D eigenvalue weighted by Crippen LogP contribution is -2.42. The highest BCUT2D eigenvalue weighted by Crippen LogP contribution is 2.12. The Morgan fingerprint density at radius 3 is 2.63 bits per heavy atom. The van der Waals surface area contributed by atoms with E-state index in [9.17, 15) is 9.59 Å². The molecular formula is C14H22N2O3. The van der Waals surface area contributed by atoms with Gasteiger partial charge in [-0.25, -0.2) is 0 Å². The van der Waals surface area contributed by atoms with Crippen molar-refractivity contribution in [3.05, 3.63) is 34.2 Å². The molecule has 0 aliphatic heterocycles. The van der Waals surface area contributed by atoms with Crippen molar-refractivity contribution in [3.8, 4) is 0 Å². The molecule has 1 aromatic rings. The Morgan fingerprint density at radius 1 is 1.42 bits per heavy atom. The van der Waals surface area contributed by atoms with Gasteiger partial charge in [0.1, 0.15) is 0 Å². The fraction of sp³-hybridized carbons (Fsp3) is 0.571. The predicted octanol–water partition coefficient (Wildman–Crippen LogP) is 1.65. The molecular weight excluding hydrogens is 244 g/mol. The van der Waals surface area contributed by atoms with Crippen LogP contribution >= 0.6 is 0 Å². The van der Waals surface area contributed by atoms with Gasteiger partial charge in [0.05, 0.1) is 6.61 Å². The van der Waals surface area contributed by atoms with Crippen LogP contribution in [0.3, 0.4) is 0 Å². The Labute approximate surface area is 113 Å². The van der Waals surface area contributed by atoms with Crippen LogP contribution in [0.25, 0.3) is 0 Å². The molecule has 1 heterocycles. The van der Waals surface area contributed by atoms with Gasteiger partial charge < -0.3 is 14.6 Å². The van der Waals surface area contributed by atoms with Crippen LogP contribution in [0, 0.1) is 0 Å². The van der Waals surface area contributed by atoms with E-state index in [0.717, 1.165) is 12.8 Å². The second-order valence-electron chi connectivity index (χ2n) is 4.40. The van der Waals surface area contributed by atoms with Crippen molar-refractivity contribution >= 4 is 5.91 Å². The van der Waals surface area contributed by atoms with Crippen molar-refractivity contribution in [1.82, 2.24) is 9.88 Å². The van der Waals surface area contributed by atoms with Crippen molar-refractivity contribution in [2.75, 3.05) is 20.3 Å². The molecule has 0 aromatic carbocycles. The van der Waals surface area contributed by atoms with E-state index in [1.54, 1.807) is 18.1 Å². The number of carbonyl (C=O) groups excluding carboxylic acids is 1. The number of H-pyrrole nitrogens is 1. The number of aromatic amines is 1. The SMILES string of the molecule is CCC(CC)N(CCOC)C(=O)c1cc[nH]c(=O)c1. The number of rotatable bonds is 7. The van der Waals surface area contributed by atoms with E-state index in [-0.39, 0.29) is 17.5 Å². The number of pyridine rings is 1. The minimum absolute atomic E-state index is 0.114. The third-order valence-electron chi connectivity index (χ3n) is 3.20. The number of nitrogens with one attached hydrogen (secondary N) is 1. The van der Waals surface area contributed by atoms with Crippen LogP contribution in [0.5, 0.6) is 0 Å². The number of hydrogen-bond acceptors (Lipinski definition) is 3. The zero-order valence-corrected chi connectivity index (χ0v) is 11.8. The largest absolute Gasteiger partial charge is 0.383 e. The fourth-order valence-corrected chi connectivity index (χ4v) is 2.11. The molecule has 0 saturated heterocycles. The Morgan fingerprint density at radius 2 is 2.11 bits per heavy atom. The molecule has 0 atom stereocenters. The van der Waals surface area contributed by atoms with Crippen LogP contribution in [0.15, 0.2) is 23.1 Å². The van der Waals surface area contributed by atoms with E-state index in [1.807, 2.05) is 0 Å². The van der Waals surface area contributed by atoms with E-state index >= 15 is 0 Å². The quantitative estimate of drug-likeness (QED) is 0.816. The van der Waals surface area contributed by atoms with E-state index in [2.05, 4.69) is 18.8 Å². The van der Waals surface area contributed by atoms with Crippen LogP contribution in [0.4, 0.5) is 0 Å². The van der Waals surface area contributed by atoms with Gasteiger partial charge >= 0.3 is 0 Å². The van der Waals surface area contributed by atoms with Crippen LogP contribution in [-0.4, -0.2) is 42.1 Å². The zero-order chi connectivity index (χ0) is 14.3. The Balaban J connectivity index is 2.96. The maximum atomic E-state index is 12.5. The van der Waals surface area contributed by atoms with Gasteiger partial charge in [0.25, 0.3) is 5.91 Å². The Bertz CT molecular complexity index is 452. The normalized spacial score (nSPS) is 10.7. The molecule has 106 valence electrons. The smallest absolute Gasteiger partial charge is 0.254 e. The monoisotopic (exact) mass is 266 g/mol. The molecule has 1 rings (SSSR count). The molecule has 0 saturated carbocycles. The van der Waals surface area contributed by atoms with Crippen molar-refractivity contribution < 1.29 is 9.53 Å². The third kappa shape index (κ3) is 4.21. The molecule has 0 fully saturated rings. The summed E-state index contributed by atoms with van der Waals surface area (Å²) in [6.07, 6.45) is 3.27. The van der Waals surface area contributed by atoms with E-state index in [0.29, 0.717) is 18.7 Å². The lowest BCUT2D eigenvalue weighted by atomic mass is 10.1. The molecule has 1 N–H and O–H groups in total. The highest BCUT2D eigenvalue weighted by molar-refractivity contribution is 5.94. The van der Waals surface area contributed by atoms with Crippen molar-refractivity contribution in [2.24, 2.45) is 0 Å². The summed E-state index contributed by atoms with van der Waals surface area (Å²) in [7, 11) is 1.61. The molecule has 5 heteroatoms. The van der Waals surface area contributed by atoms with Gasteiger partial charge in [-0.3, -0.25) is 9.59 Å². The number of aromatic nitrogens is 1. The van der Waals surface area contributed by atoms with E-state index in [4.69, 9.17) is 4.74 Å². The number of amides is 1. The molecule has 1 aromatic heterocycles. The highest BCUT2D eigenvalue weighted by atomic mass is 16.5. The van der Waals surface area contributed by atoms with Crippen LogP contribution < -0.4 is 5.56 Å². The Hall–Kier alpha value is -1.62. The van der Waals surface area contributed by atoms with Gasteiger partial charge in [0.2, 0.25) is 5.56 Å². The minimum Gasteiger partial charge on any atom is -0.383 e. The lowest BCUT2D eigenvalue weighted by Gasteiger charge is -2.30. The molecule has 0 radical (unpaired) electrons. The van der Waals surface area contributed by atoms with Crippen LogP contribution in [0.1, 0.15) is 37.0 Å². The van der Waals surface area contributed by atoms with Gasteiger partial charge in [0, 0.05) is 37.5 Å². The molecule has 0 aliphatic carbocycles. The first-order valence-corrected chi connectivity index (χ1v) is 6.62. The second kappa shape index (κ2) is 7.74. The molecule has 0 spiro atoms. The summed E-state index contributed by atoms with van der Waals surface area (Å²) in [5, 5.41) is 0. The number of carbonyl (C=O) groups is 1. The van der Waals surface area contributed by atoms with E-state index in [1.165, 1.54) is 12.3 Å². The van der Waals surface area contributed by atoms with Gasteiger partial charge in [0.15, 0.2) is 0 Å². The molecule has 1 amide bonds. The summed E-state index contributed by atoms with van der Waals surface area (Å²) >= 11 is 0. The highest BCUT2D eigenvalue weighted by Gasteiger charge is 2.22. The number of ether oxygens (including phenoxy) is 1.